The summed E-state index contributed by atoms with van der Waals surface area (Å²) in [5.41, 5.74) is 0.348. The Hall–Kier alpha value is -4.12. The van der Waals surface area contributed by atoms with Crippen molar-refractivity contribution in [3.8, 4) is 40.3 Å². The van der Waals surface area contributed by atoms with E-state index in [1.165, 1.54) is 21.3 Å². The fourth-order valence-corrected chi connectivity index (χ4v) is 4.91. The zero-order valence-corrected chi connectivity index (χ0v) is 19.8. The molecular weight excluding hydrogens is 458 g/mol. The minimum absolute atomic E-state index is 0.0186. The number of aromatic hydroxyl groups is 1. The Morgan fingerprint density at radius 2 is 1.89 bits per heavy atom. The molecule has 0 bridgehead atoms. The number of benzene rings is 2. The topological polar surface area (TPSA) is 126 Å². The summed E-state index contributed by atoms with van der Waals surface area (Å²) in [7, 11) is 6.37. The smallest absolute Gasteiger partial charge is 0.335 e. The lowest BCUT2D eigenvalue weighted by Crippen LogP contribution is -3.10. The summed E-state index contributed by atoms with van der Waals surface area (Å²) >= 11 is 0. The Labute approximate surface area is 200 Å². The van der Waals surface area contributed by atoms with E-state index in [1.54, 1.807) is 18.2 Å². The van der Waals surface area contributed by atoms with E-state index in [0.29, 0.717) is 47.3 Å². The van der Waals surface area contributed by atoms with E-state index in [2.05, 4.69) is 4.98 Å². The van der Waals surface area contributed by atoms with Gasteiger partial charge in [0.1, 0.15) is 17.1 Å². The minimum atomic E-state index is -0.811. The van der Waals surface area contributed by atoms with Crippen LogP contribution in [0.2, 0.25) is 0 Å². The van der Waals surface area contributed by atoms with Gasteiger partial charge in [-0.05, 0) is 23.8 Å². The van der Waals surface area contributed by atoms with Gasteiger partial charge < -0.3 is 33.7 Å². The van der Waals surface area contributed by atoms with Gasteiger partial charge >= 0.3 is 5.69 Å². The first-order chi connectivity index (χ1) is 16.9. The van der Waals surface area contributed by atoms with Crippen LogP contribution < -0.4 is 39.8 Å². The van der Waals surface area contributed by atoms with Crippen LogP contribution in [-0.4, -0.2) is 56.4 Å². The molecule has 0 saturated carbocycles. The van der Waals surface area contributed by atoms with Gasteiger partial charge in [-0.1, -0.05) is 0 Å². The van der Waals surface area contributed by atoms with Crippen LogP contribution in [0.25, 0.3) is 5.69 Å². The summed E-state index contributed by atoms with van der Waals surface area (Å²) in [4.78, 5) is 29.5. The number of hydrogen-bond acceptors (Lipinski definition) is 8. The van der Waals surface area contributed by atoms with Gasteiger partial charge in [-0.2, -0.15) is 0 Å². The predicted octanol–water partition coefficient (Wildman–Crippen LogP) is 0.146. The number of hydrogen-bond donors (Lipinski definition) is 3. The summed E-state index contributed by atoms with van der Waals surface area (Å²) in [6.07, 6.45) is 0.701. The molecule has 0 radical (unpaired) electrons. The molecule has 2 aliphatic heterocycles. The second kappa shape index (κ2) is 8.58. The molecule has 184 valence electrons. The van der Waals surface area contributed by atoms with Gasteiger partial charge in [0.2, 0.25) is 18.4 Å². The molecule has 0 aliphatic carbocycles. The molecule has 3 aromatic rings. The van der Waals surface area contributed by atoms with Crippen molar-refractivity contribution in [1.29, 1.82) is 0 Å². The molecule has 11 heteroatoms. The monoisotopic (exact) mass is 484 g/mol. The lowest BCUT2D eigenvalue weighted by Gasteiger charge is -2.33. The number of fused-ring (bicyclic) bond motifs is 2. The largest absolute Gasteiger partial charge is 0.497 e. The van der Waals surface area contributed by atoms with E-state index in [4.69, 9.17) is 23.7 Å². The maximum Gasteiger partial charge on any atom is 0.335 e. The molecule has 35 heavy (non-hydrogen) atoms. The molecule has 2 aliphatic rings. The highest BCUT2D eigenvalue weighted by atomic mass is 16.7. The lowest BCUT2D eigenvalue weighted by atomic mass is 9.87. The summed E-state index contributed by atoms with van der Waals surface area (Å²) < 4.78 is 28.7. The molecule has 0 spiro atoms. The molecule has 3 N–H and O–H groups in total. The van der Waals surface area contributed by atoms with Crippen LogP contribution in [0.15, 0.2) is 33.9 Å². The van der Waals surface area contributed by atoms with Crippen LogP contribution in [0.5, 0.6) is 34.6 Å². The van der Waals surface area contributed by atoms with Crippen LogP contribution in [0.3, 0.4) is 0 Å². The molecule has 3 heterocycles. The molecule has 0 amide bonds. The Balaban J connectivity index is 1.80. The van der Waals surface area contributed by atoms with E-state index >= 15 is 0 Å². The number of ether oxygens (including phenoxy) is 5. The maximum absolute atomic E-state index is 13.2. The van der Waals surface area contributed by atoms with Gasteiger partial charge in [0, 0.05) is 12.5 Å². The zero-order chi connectivity index (χ0) is 24.9. The number of H-pyrrole nitrogens is 1. The number of nitrogens with one attached hydrogen (secondary N) is 2. The van der Waals surface area contributed by atoms with Crippen molar-refractivity contribution in [3.05, 3.63) is 61.8 Å². The highest BCUT2D eigenvalue weighted by molar-refractivity contribution is 5.63. The van der Waals surface area contributed by atoms with Crippen molar-refractivity contribution in [2.75, 3.05) is 41.7 Å². The molecule has 11 nitrogen and oxygen atoms in total. The highest BCUT2D eigenvalue weighted by Crippen LogP contribution is 2.48. The van der Waals surface area contributed by atoms with Crippen LogP contribution >= 0.6 is 0 Å². The fourth-order valence-electron chi connectivity index (χ4n) is 4.91. The highest BCUT2D eigenvalue weighted by Gasteiger charge is 2.41. The van der Waals surface area contributed by atoms with E-state index in [1.807, 2.05) is 13.1 Å². The molecular formula is C24H26N3O8+. The number of nitrogens with zero attached hydrogens (tertiary/aromatic N) is 1. The summed E-state index contributed by atoms with van der Waals surface area (Å²) in [5.74, 6) is 1.72. The van der Waals surface area contributed by atoms with Gasteiger partial charge in [-0.3, -0.25) is 9.78 Å². The Morgan fingerprint density at radius 3 is 2.60 bits per heavy atom. The van der Waals surface area contributed by atoms with Crippen LogP contribution in [0, 0.1) is 0 Å². The molecule has 1 aromatic heterocycles. The number of aromatic nitrogens is 2. The fraction of sp³-hybridized carbons (Fsp3) is 0.333. The van der Waals surface area contributed by atoms with Gasteiger partial charge in [0.05, 0.1) is 46.2 Å². The molecule has 2 aromatic carbocycles. The quantitative estimate of drug-likeness (QED) is 0.467. The third-order valence-electron chi connectivity index (χ3n) is 6.55. The van der Waals surface area contributed by atoms with E-state index in [9.17, 15) is 14.7 Å². The zero-order valence-electron chi connectivity index (χ0n) is 19.8. The van der Waals surface area contributed by atoms with Gasteiger partial charge in [0.15, 0.2) is 17.5 Å². The van der Waals surface area contributed by atoms with Gasteiger partial charge in [-0.25, -0.2) is 9.36 Å². The molecule has 0 fully saturated rings. The second-order valence-corrected chi connectivity index (χ2v) is 8.37. The average Bonchev–Trinajstić information content (AvgIpc) is 3.32. The Morgan fingerprint density at radius 1 is 1.09 bits per heavy atom. The van der Waals surface area contributed by atoms with E-state index in [-0.39, 0.29) is 18.0 Å². The van der Waals surface area contributed by atoms with Crippen molar-refractivity contribution in [2.24, 2.45) is 0 Å². The first kappa shape index (κ1) is 22.7. The molecule has 5 rings (SSSR count). The van der Waals surface area contributed by atoms with Crippen molar-refractivity contribution in [3.63, 3.8) is 0 Å². The number of quaternary nitrogens is 1. The summed E-state index contributed by atoms with van der Waals surface area (Å²) in [5, 5.41) is 11.5. The second-order valence-electron chi connectivity index (χ2n) is 8.37. The van der Waals surface area contributed by atoms with Crippen molar-refractivity contribution in [1.82, 2.24) is 9.55 Å². The van der Waals surface area contributed by atoms with E-state index in [0.717, 1.165) is 15.0 Å². The summed E-state index contributed by atoms with van der Waals surface area (Å²) in [6.45, 7) is 0.731. The first-order valence-corrected chi connectivity index (χ1v) is 11.0. The predicted molar refractivity (Wildman–Crippen MR) is 124 cm³/mol. The number of methoxy groups -OCH3 is 3. The lowest BCUT2D eigenvalue weighted by molar-refractivity contribution is -0.908. The summed E-state index contributed by atoms with van der Waals surface area (Å²) in [6, 6.07) is 6.05. The maximum atomic E-state index is 13.2. The minimum Gasteiger partial charge on any atom is -0.497 e. The van der Waals surface area contributed by atoms with Crippen molar-refractivity contribution in [2.45, 2.75) is 12.5 Å². The Kier molecular flexibility index (Phi) is 5.56. The number of likely N-dealkylation sites (N-methyl/N-ethyl adjacent to an activating group) is 1. The van der Waals surface area contributed by atoms with Gasteiger partial charge in [0.25, 0.3) is 5.56 Å². The normalized spacial score (nSPS) is 18.2. The molecule has 2 atom stereocenters. The van der Waals surface area contributed by atoms with Crippen LogP contribution in [0.4, 0.5) is 0 Å². The standard InChI is InChI=1S/C24H25N3O8/c1-26-8-7-12-9-16-20(35-11-34-16)21(33-4)17(12)19(26)18-22(28)25-24(30)27(23(18)29)14-10-13(31-2)5-6-15(14)32-3/h5-6,9-10,19,29H,7-8,11H2,1-4H3,(H,25,28,30)/p+1/t19-/m1/s1. The third-order valence-corrected chi connectivity index (χ3v) is 6.55. The SMILES string of the molecule is COc1ccc(OC)c(-n2c(O)c([C@H]3c4c(cc5c(c4OC)OCO5)CC[NH+]3C)c(=O)[nH]c2=O)c1. The van der Waals surface area contributed by atoms with Crippen molar-refractivity contribution >= 4 is 0 Å². The molecule has 1 unspecified atom stereocenters. The van der Waals surface area contributed by atoms with Crippen molar-refractivity contribution < 1.29 is 33.7 Å². The average molecular weight is 484 g/mol. The van der Waals surface area contributed by atoms with E-state index < -0.39 is 23.2 Å². The van der Waals surface area contributed by atoms with Crippen LogP contribution in [-0.2, 0) is 6.42 Å². The van der Waals surface area contributed by atoms with Crippen LogP contribution in [0.1, 0.15) is 22.7 Å². The van der Waals surface area contributed by atoms with Gasteiger partial charge in [-0.15, -0.1) is 0 Å². The first-order valence-electron chi connectivity index (χ1n) is 11.0. The molecule has 0 saturated heterocycles. The number of rotatable bonds is 5. The third kappa shape index (κ3) is 3.46. The Bertz CT molecular complexity index is 1430. The number of aromatic amines is 1.